The van der Waals surface area contributed by atoms with E-state index in [-0.39, 0.29) is 0 Å². The largest absolute Gasteiger partial charge is 0.611 e. The molecule has 1 nitrogen and oxygen atoms in total. The van der Waals surface area contributed by atoms with Crippen LogP contribution in [-0.4, -0.2) is 10.3 Å². The third kappa shape index (κ3) is 2.56. The Morgan fingerprint density at radius 1 is 1.27 bits per heavy atom. The zero-order valence-electron chi connectivity index (χ0n) is 6.32. The lowest BCUT2D eigenvalue weighted by Gasteiger charge is -2.07. The molecule has 0 aliphatic rings. The van der Waals surface area contributed by atoms with Gasteiger partial charge < -0.3 is 4.55 Å². The van der Waals surface area contributed by atoms with E-state index in [1.54, 1.807) is 0 Å². The molecule has 0 saturated heterocycles. The molecule has 0 aliphatic heterocycles. The highest BCUT2D eigenvalue weighted by Crippen LogP contribution is 2.10. The van der Waals surface area contributed by atoms with Crippen molar-refractivity contribution in [3.8, 4) is 0 Å². The molecule has 1 aromatic rings. The Labute approximate surface area is 70.6 Å². The van der Waals surface area contributed by atoms with Crippen LogP contribution in [0.15, 0.2) is 35.2 Å². The first-order valence-corrected chi connectivity index (χ1v) is 4.89. The van der Waals surface area contributed by atoms with Crippen LogP contribution in [0.1, 0.15) is 6.42 Å². The summed E-state index contributed by atoms with van der Waals surface area (Å²) < 4.78 is 11.3. The predicted molar refractivity (Wildman–Crippen MR) is 47.7 cm³/mol. The normalized spacial score (nSPS) is 12.9. The van der Waals surface area contributed by atoms with Gasteiger partial charge in [0.15, 0.2) is 4.90 Å². The maximum absolute atomic E-state index is 11.3. The van der Waals surface area contributed by atoms with Gasteiger partial charge in [0.2, 0.25) is 0 Å². The van der Waals surface area contributed by atoms with E-state index in [4.69, 9.17) is 0 Å². The van der Waals surface area contributed by atoms with Gasteiger partial charge in [0.1, 0.15) is 5.75 Å². The molecule has 1 rings (SSSR count). The number of hydrogen-bond donors (Lipinski definition) is 0. The first-order valence-electron chi connectivity index (χ1n) is 3.57. The molecule has 1 atom stereocenters. The zero-order chi connectivity index (χ0) is 8.10. The maximum Gasteiger partial charge on any atom is 0.152 e. The van der Waals surface area contributed by atoms with Crippen molar-refractivity contribution in [2.75, 3.05) is 5.75 Å². The highest BCUT2D eigenvalue weighted by Gasteiger charge is 2.06. The maximum atomic E-state index is 11.3. The van der Waals surface area contributed by atoms with Crippen LogP contribution in [0.25, 0.3) is 0 Å². The third-order valence-electron chi connectivity index (χ3n) is 1.34. The molecule has 0 saturated carbocycles. The Balaban J connectivity index is 2.61. The second-order valence-corrected chi connectivity index (χ2v) is 3.79. The van der Waals surface area contributed by atoms with Gasteiger partial charge in [-0.15, -0.1) is 0 Å². The highest BCUT2D eigenvalue weighted by molar-refractivity contribution is 7.91. The van der Waals surface area contributed by atoms with Crippen molar-refractivity contribution >= 4 is 11.2 Å². The first-order chi connectivity index (χ1) is 5.34. The van der Waals surface area contributed by atoms with Crippen LogP contribution >= 0.6 is 0 Å². The lowest BCUT2D eigenvalue weighted by Crippen LogP contribution is -2.05. The molecular weight excluding hydrogens is 156 g/mol. The topological polar surface area (TPSA) is 23.1 Å². The summed E-state index contributed by atoms with van der Waals surface area (Å²) in [5.74, 6) is 0.657. The summed E-state index contributed by atoms with van der Waals surface area (Å²) in [4.78, 5) is 0.899. The Bertz CT molecular complexity index is 198. The molecule has 0 fully saturated rings. The molecular formula is C9H11OS. The molecule has 0 aromatic heterocycles. The molecule has 2 heteroatoms. The second-order valence-electron chi connectivity index (χ2n) is 2.22. The van der Waals surface area contributed by atoms with Gasteiger partial charge in [0, 0.05) is 0 Å². The average molecular weight is 167 g/mol. The SMILES string of the molecule is [CH2]CC[S+]([O-])c1ccccc1. The van der Waals surface area contributed by atoms with Gasteiger partial charge in [-0.2, -0.15) is 0 Å². The predicted octanol–water partition coefficient (Wildman–Crippen LogP) is 2.02. The summed E-state index contributed by atoms with van der Waals surface area (Å²) in [7, 11) is 0. The Morgan fingerprint density at radius 2 is 1.91 bits per heavy atom. The van der Waals surface area contributed by atoms with Crippen molar-refractivity contribution in [3.05, 3.63) is 37.3 Å². The van der Waals surface area contributed by atoms with Crippen LogP contribution in [0.5, 0.6) is 0 Å². The van der Waals surface area contributed by atoms with Gasteiger partial charge in [0.25, 0.3) is 0 Å². The molecule has 59 valence electrons. The summed E-state index contributed by atoms with van der Waals surface area (Å²) in [5, 5.41) is 0. The number of rotatable bonds is 3. The van der Waals surface area contributed by atoms with Crippen molar-refractivity contribution in [2.24, 2.45) is 0 Å². The Morgan fingerprint density at radius 3 is 2.45 bits per heavy atom. The summed E-state index contributed by atoms with van der Waals surface area (Å²) in [6.07, 6.45) is 0.724. The third-order valence-corrected chi connectivity index (χ3v) is 2.79. The van der Waals surface area contributed by atoms with Gasteiger partial charge in [0.05, 0.1) is 0 Å². The summed E-state index contributed by atoms with van der Waals surface area (Å²) in [5.41, 5.74) is 0. The Hall–Kier alpha value is -0.470. The molecule has 0 spiro atoms. The number of hydrogen-bond acceptors (Lipinski definition) is 1. The van der Waals surface area contributed by atoms with E-state index in [9.17, 15) is 4.55 Å². The number of benzene rings is 1. The molecule has 0 bridgehead atoms. The molecule has 0 N–H and O–H groups in total. The van der Waals surface area contributed by atoms with E-state index in [1.165, 1.54) is 0 Å². The standard InChI is InChI=1S/C9H11OS/c1-2-8-11(10)9-6-4-3-5-7-9/h3-7H,1-2,8H2. The van der Waals surface area contributed by atoms with Crippen molar-refractivity contribution in [1.29, 1.82) is 0 Å². The zero-order valence-corrected chi connectivity index (χ0v) is 7.14. The minimum absolute atomic E-state index is 0.657. The quantitative estimate of drug-likeness (QED) is 0.632. The fourth-order valence-electron chi connectivity index (χ4n) is 0.821. The molecule has 11 heavy (non-hydrogen) atoms. The van der Waals surface area contributed by atoms with Crippen molar-refractivity contribution in [3.63, 3.8) is 0 Å². The van der Waals surface area contributed by atoms with Crippen LogP contribution in [-0.2, 0) is 11.2 Å². The van der Waals surface area contributed by atoms with Crippen LogP contribution in [0.3, 0.4) is 0 Å². The van der Waals surface area contributed by atoms with Crippen molar-refractivity contribution < 1.29 is 4.55 Å². The summed E-state index contributed by atoms with van der Waals surface area (Å²) >= 11 is -0.846. The second kappa shape index (κ2) is 4.42. The summed E-state index contributed by atoms with van der Waals surface area (Å²) in [6.45, 7) is 3.66. The molecule has 1 unspecified atom stereocenters. The minimum atomic E-state index is -0.846. The lowest BCUT2D eigenvalue weighted by atomic mass is 10.4. The van der Waals surface area contributed by atoms with Crippen LogP contribution in [0.4, 0.5) is 0 Å². The fraction of sp³-hybridized carbons (Fsp3) is 0.222. The molecule has 0 amide bonds. The van der Waals surface area contributed by atoms with E-state index >= 15 is 0 Å². The van der Waals surface area contributed by atoms with Gasteiger partial charge in [-0.25, -0.2) is 0 Å². The van der Waals surface area contributed by atoms with Crippen LogP contribution in [0, 0.1) is 6.92 Å². The van der Waals surface area contributed by atoms with Crippen LogP contribution < -0.4 is 0 Å². The first kappa shape index (κ1) is 8.62. The lowest BCUT2D eigenvalue weighted by molar-refractivity contribution is 0.594. The van der Waals surface area contributed by atoms with Crippen molar-refractivity contribution in [1.82, 2.24) is 0 Å². The highest BCUT2D eigenvalue weighted by atomic mass is 32.2. The van der Waals surface area contributed by atoms with Gasteiger partial charge in [-0.3, -0.25) is 0 Å². The Kier molecular flexibility index (Phi) is 3.46. The average Bonchev–Trinajstić information content (AvgIpc) is 2.07. The van der Waals surface area contributed by atoms with Gasteiger partial charge in [-0.1, -0.05) is 18.2 Å². The van der Waals surface area contributed by atoms with Crippen LogP contribution in [0.2, 0.25) is 0 Å². The molecule has 1 aromatic carbocycles. The van der Waals surface area contributed by atoms with E-state index in [1.807, 2.05) is 30.3 Å². The van der Waals surface area contributed by atoms with E-state index < -0.39 is 11.2 Å². The monoisotopic (exact) mass is 167 g/mol. The van der Waals surface area contributed by atoms with E-state index in [0.29, 0.717) is 5.75 Å². The smallest absolute Gasteiger partial charge is 0.152 e. The van der Waals surface area contributed by atoms with E-state index in [0.717, 1.165) is 11.3 Å². The molecule has 0 heterocycles. The molecule has 0 aliphatic carbocycles. The minimum Gasteiger partial charge on any atom is -0.611 e. The van der Waals surface area contributed by atoms with Gasteiger partial charge >= 0.3 is 0 Å². The fourth-order valence-corrected chi connectivity index (χ4v) is 1.78. The van der Waals surface area contributed by atoms with Crippen molar-refractivity contribution in [2.45, 2.75) is 11.3 Å². The molecule has 1 radical (unpaired) electrons. The van der Waals surface area contributed by atoms with Gasteiger partial charge in [-0.05, 0) is 36.7 Å². The van der Waals surface area contributed by atoms with E-state index in [2.05, 4.69) is 6.92 Å². The summed E-state index contributed by atoms with van der Waals surface area (Å²) in [6, 6.07) is 9.48.